The molecule has 3 rings (SSSR count). The van der Waals surface area contributed by atoms with Crippen molar-refractivity contribution in [2.75, 3.05) is 12.4 Å². The number of ether oxygens (including phenoxy) is 1. The van der Waals surface area contributed by atoms with E-state index in [2.05, 4.69) is 10.3 Å². The number of hydrogen-bond donors (Lipinski definition) is 1. The zero-order valence-electron chi connectivity index (χ0n) is 10.9. The number of benzene rings is 2. The molecular weight excluding hydrogens is 275 g/mol. The topological polar surface area (TPSA) is 34.1 Å². The van der Waals surface area contributed by atoms with E-state index in [1.54, 1.807) is 19.2 Å². The van der Waals surface area contributed by atoms with Crippen LogP contribution in [0.25, 0.3) is 10.2 Å². The molecule has 0 bridgehead atoms. The number of anilines is 1. The SMILES string of the molecule is COc1ccc2nc(NCc3ccccc3F)sc2c1. The van der Waals surface area contributed by atoms with E-state index in [9.17, 15) is 4.39 Å². The van der Waals surface area contributed by atoms with Crippen LogP contribution in [0.2, 0.25) is 0 Å². The summed E-state index contributed by atoms with van der Waals surface area (Å²) >= 11 is 1.53. The van der Waals surface area contributed by atoms with Crippen LogP contribution in [0.1, 0.15) is 5.56 Å². The summed E-state index contributed by atoms with van der Waals surface area (Å²) in [5.74, 6) is 0.601. The summed E-state index contributed by atoms with van der Waals surface area (Å²) in [5, 5.41) is 3.93. The maximum atomic E-state index is 13.5. The number of nitrogens with one attached hydrogen (secondary N) is 1. The van der Waals surface area contributed by atoms with Crippen LogP contribution in [0.4, 0.5) is 9.52 Å². The lowest BCUT2D eigenvalue weighted by atomic mass is 10.2. The third-order valence-corrected chi connectivity index (χ3v) is 3.96. The number of aromatic nitrogens is 1. The highest BCUT2D eigenvalue weighted by Gasteiger charge is 2.06. The lowest BCUT2D eigenvalue weighted by Gasteiger charge is -2.03. The molecule has 102 valence electrons. The Kier molecular flexibility index (Phi) is 3.52. The van der Waals surface area contributed by atoms with Crippen molar-refractivity contribution in [2.24, 2.45) is 0 Å². The third kappa shape index (κ3) is 2.58. The molecule has 3 aromatic rings. The van der Waals surface area contributed by atoms with Crippen molar-refractivity contribution in [3.05, 3.63) is 53.8 Å². The molecule has 0 atom stereocenters. The van der Waals surface area contributed by atoms with Gasteiger partial charge in [-0.1, -0.05) is 29.5 Å². The van der Waals surface area contributed by atoms with Crippen LogP contribution in [-0.4, -0.2) is 12.1 Å². The van der Waals surface area contributed by atoms with Crippen molar-refractivity contribution in [1.29, 1.82) is 0 Å². The monoisotopic (exact) mass is 288 g/mol. The number of halogens is 1. The molecule has 5 heteroatoms. The summed E-state index contributed by atoms with van der Waals surface area (Å²) in [7, 11) is 1.64. The van der Waals surface area contributed by atoms with Crippen molar-refractivity contribution in [3.63, 3.8) is 0 Å². The van der Waals surface area contributed by atoms with E-state index >= 15 is 0 Å². The molecule has 0 radical (unpaired) electrons. The minimum atomic E-state index is -0.206. The molecule has 1 aromatic heterocycles. The maximum Gasteiger partial charge on any atom is 0.184 e. The van der Waals surface area contributed by atoms with E-state index < -0.39 is 0 Å². The first-order chi connectivity index (χ1) is 9.76. The standard InChI is InChI=1S/C15H13FN2OS/c1-19-11-6-7-13-14(8-11)20-15(18-13)17-9-10-4-2-3-5-12(10)16/h2-8H,9H2,1H3,(H,17,18). The van der Waals surface area contributed by atoms with Crippen molar-refractivity contribution < 1.29 is 9.13 Å². The van der Waals surface area contributed by atoms with Crippen LogP contribution in [0.15, 0.2) is 42.5 Å². The van der Waals surface area contributed by atoms with E-state index in [0.717, 1.165) is 21.1 Å². The van der Waals surface area contributed by atoms with Crippen LogP contribution < -0.4 is 10.1 Å². The van der Waals surface area contributed by atoms with Gasteiger partial charge in [0, 0.05) is 12.1 Å². The van der Waals surface area contributed by atoms with Gasteiger partial charge in [0.25, 0.3) is 0 Å². The molecule has 0 saturated heterocycles. The molecule has 2 aromatic carbocycles. The minimum Gasteiger partial charge on any atom is -0.497 e. The van der Waals surface area contributed by atoms with E-state index in [1.807, 2.05) is 24.3 Å². The second-order valence-corrected chi connectivity index (χ2v) is 5.33. The van der Waals surface area contributed by atoms with Gasteiger partial charge in [-0.2, -0.15) is 0 Å². The Bertz CT molecular complexity index is 742. The van der Waals surface area contributed by atoms with Gasteiger partial charge < -0.3 is 10.1 Å². The van der Waals surface area contributed by atoms with E-state index in [1.165, 1.54) is 17.4 Å². The number of fused-ring (bicyclic) bond motifs is 1. The highest BCUT2D eigenvalue weighted by atomic mass is 32.1. The van der Waals surface area contributed by atoms with Gasteiger partial charge in [0.15, 0.2) is 5.13 Å². The molecule has 0 spiro atoms. The van der Waals surface area contributed by atoms with Gasteiger partial charge in [-0.3, -0.25) is 0 Å². The maximum absolute atomic E-state index is 13.5. The number of hydrogen-bond acceptors (Lipinski definition) is 4. The Labute approximate surface area is 120 Å². The fraction of sp³-hybridized carbons (Fsp3) is 0.133. The van der Waals surface area contributed by atoms with Crippen LogP contribution in [0.3, 0.4) is 0 Å². The van der Waals surface area contributed by atoms with Gasteiger partial charge in [0.2, 0.25) is 0 Å². The second kappa shape index (κ2) is 5.46. The van der Waals surface area contributed by atoms with Gasteiger partial charge >= 0.3 is 0 Å². The van der Waals surface area contributed by atoms with Crippen LogP contribution in [-0.2, 0) is 6.54 Å². The van der Waals surface area contributed by atoms with E-state index in [-0.39, 0.29) is 5.82 Å². The smallest absolute Gasteiger partial charge is 0.184 e. The molecule has 0 saturated carbocycles. The number of rotatable bonds is 4. The quantitative estimate of drug-likeness (QED) is 0.786. The molecule has 0 amide bonds. The van der Waals surface area contributed by atoms with Gasteiger partial charge in [0.05, 0.1) is 17.3 Å². The van der Waals surface area contributed by atoms with Crippen LogP contribution in [0.5, 0.6) is 5.75 Å². The Morgan fingerprint density at radius 2 is 2.10 bits per heavy atom. The lowest BCUT2D eigenvalue weighted by molar-refractivity contribution is 0.415. The predicted molar refractivity (Wildman–Crippen MR) is 79.9 cm³/mol. The van der Waals surface area contributed by atoms with Gasteiger partial charge in [-0.15, -0.1) is 0 Å². The normalized spacial score (nSPS) is 10.7. The fourth-order valence-electron chi connectivity index (χ4n) is 1.92. The molecular formula is C15H13FN2OS. The zero-order chi connectivity index (χ0) is 13.9. The lowest BCUT2D eigenvalue weighted by Crippen LogP contribution is -2.00. The molecule has 0 aliphatic heterocycles. The van der Waals surface area contributed by atoms with E-state index in [4.69, 9.17) is 4.74 Å². The average Bonchev–Trinajstić information content (AvgIpc) is 2.88. The molecule has 1 N–H and O–H groups in total. The molecule has 3 nitrogen and oxygen atoms in total. The van der Waals surface area contributed by atoms with Crippen LogP contribution >= 0.6 is 11.3 Å². The van der Waals surface area contributed by atoms with Crippen molar-refractivity contribution >= 4 is 26.7 Å². The highest BCUT2D eigenvalue weighted by molar-refractivity contribution is 7.22. The first kappa shape index (κ1) is 12.9. The Morgan fingerprint density at radius 3 is 2.90 bits per heavy atom. The summed E-state index contributed by atoms with van der Waals surface area (Å²) in [4.78, 5) is 4.46. The van der Waals surface area contributed by atoms with Gasteiger partial charge in [0.1, 0.15) is 11.6 Å². The summed E-state index contributed by atoms with van der Waals surface area (Å²) in [6, 6.07) is 12.5. The number of nitrogens with zero attached hydrogens (tertiary/aromatic N) is 1. The number of thiazole rings is 1. The van der Waals surface area contributed by atoms with Crippen LogP contribution in [0, 0.1) is 5.82 Å². The minimum absolute atomic E-state index is 0.206. The summed E-state index contributed by atoms with van der Waals surface area (Å²) in [6.07, 6.45) is 0. The largest absolute Gasteiger partial charge is 0.497 e. The molecule has 0 aliphatic carbocycles. The summed E-state index contributed by atoms with van der Waals surface area (Å²) in [5.41, 5.74) is 1.54. The van der Waals surface area contributed by atoms with Crippen molar-refractivity contribution in [2.45, 2.75) is 6.54 Å². The molecule has 0 aliphatic rings. The van der Waals surface area contributed by atoms with Crippen molar-refractivity contribution in [1.82, 2.24) is 4.98 Å². The Balaban J connectivity index is 1.79. The zero-order valence-corrected chi connectivity index (χ0v) is 11.7. The predicted octanol–water partition coefficient (Wildman–Crippen LogP) is 4.06. The first-order valence-electron chi connectivity index (χ1n) is 6.18. The van der Waals surface area contributed by atoms with Gasteiger partial charge in [-0.05, 0) is 24.3 Å². The second-order valence-electron chi connectivity index (χ2n) is 4.30. The summed E-state index contributed by atoms with van der Waals surface area (Å²) < 4.78 is 19.7. The van der Waals surface area contributed by atoms with E-state index in [0.29, 0.717) is 12.1 Å². The Hall–Kier alpha value is -2.14. The molecule has 0 fully saturated rings. The molecule has 20 heavy (non-hydrogen) atoms. The fourth-order valence-corrected chi connectivity index (χ4v) is 2.81. The Morgan fingerprint density at radius 1 is 1.25 bits per heavy atom. The third-order valence-electron chi connectivity index (χ3n) is 2.98. The summed E-state index contributed by atoms with van der Waals surface area (Å²) in [6.45, 7) is 0.420. The number of methoxy groups -OCH3 is 1. The molecule has 0 unspecified atom stereocenters. The van der Waals surface area contributed by atoms with Crippen molar-refractivity contribution in [3.8, 4) is 5.75 Å². The first-order valence-corrected chi connectivity index (χ1v) is 7.00. The highest BCUT2D eigenvalue weighted by Crippen LogP contribution is 2.29. The molecule has 1 heterocycles. The average molecular weight is 288 g/mol. The van der Waals surface area contributed by atoms with Gasteiger partial charge in [-0.25, -0.2) is 9.37 Å².